The number of sulfone groups is 1. The smallest absolute Gasteiger partial charge is 0.164 e. The molecule has 7 heteroatoms. The molecule has 2 aromatic rings. The van der Waals surface area contributed by atoms with Crippen LogP contribution in [-0.4, -0.2) is 43.0 Å². The van der Waals surface area contributed by atoms with E-state index in [4.69, 9.17) is 4.99 Å². The van der Waals surface area contributed by atoms with Crippen LogP contribution in [0.1, 0.15) is 34.0 Å². The molecule has 4 rings (SSSR count). The summed E-state index contributed by atoms with van der Waals surface area (Å²) < 4.78 is 24.4. The van der Waals surface area contributed by atoms with Crippen molar-refractivity contribution < 1.29 is 13.2 Å². The van der Waals surface area contributed by atoms with Gasteiger partial charge in [0.2, 0.25) is 0 Å². The van der Waals surface area contributed by atoms with E-state index in [-0.39, 0.29) is 29.4 Å². The van der Waals surface area contributed by atoms with Crippen LogP contribution in [0.5, 0.6) is 0 Å². The van der Waals surface area contributed by atoms with Gasteiger partial charge in [-0.15, -0.1) is 0 Å². The van der Waals surface area contributed by atoms with Gasteiger partial charge in [-0.1, -0.05) is 42.1 Å². The molecule has 0 aromatic heterocycles. The third kappa shape index (κ3) is 4.12. The molecule has 29 heavy (non-hydrogen) atoms. The first-order chi connectivity index (χ1) is 13.7. The maximum absolute atomic E-state index is 12.2. The van der Waals surface area contributed by atoms with Crippen LogP contribution in [0.15, 0.2) is 47.5 Å². The lowest BCUT2D eigenvalue weighted by Gasteiger charge is -2.27. The fraction of sp³-hybridized carbons (Fsp3) is 0.364. The second-order valence-electron chi connectivity index (χ2n) is 7.81. The number of benzene rings is 2. The number of ketones is 1. The largest absolute Gasteiger partial charge is 0.315 e. The molecular weight excluding hydrogens is 404 g/mol. The van der Waals surface area contributed by atoms with Gasteiger partial charge in [-0.25, -0.2) is 8.42 Å². The third-order valence-corrected chi connectivity index (χ3v) is 8.31. The molecule has 0 amide bonds. The number of thioether (sulfide) groups is 1. The Morgan fingerprint density at radius 1 is 1.14 bits per heavy atom. The number of anilines is 1. The maximum Gasteiger partial charge on any atom is 0.164 e. The predicted octanol–water partition coefficient (Wildman–Crippen LogP) is 3.78. The third-order valence-electron chi connectivity index (χ3n) is 5.58. The lowest BCUT2D eigenvalue weighted by atomic mass is 10.1. The van der Waals surface area contributed by atoms with Crippen LogP contribution in [0.2, 0.25) is 0 Å². The lowest BCUT2D eigenvalue weighted by molar-refractivity contribution is 0.101. The highest BCUT2D eigenvalue weighted by atomic mass is 32.2. The number of carbonyl (C=O) groups is 1. The molecule has 0 saturated carbocycles. The Morgan fingerprint density at radius 3 is 2.66 bits per heavy atom. The minimum Gasteiger partial charge on any atom is -0.315 e. The second kappa shape index (κ2) is 7.61. The molecule has 2 unspecified atom stereocenters. The van der Waals surface area contributed by atoms with Crippen LogP contribution in [0.25, 0.3) is 0 Å². The fourth-order valence-corrected chi connectivity index (χ4v) is 6.76. The van der Waals surface area contributed by atoms with Crippen LogP contribution in [-0.2, 0) is 15.6 Å². The lowest BCUT2D eigenvalue weighted by Crippen LogP contribution is -2.39. The van der Waals surface area contributed by atoms with Gasteiger partial charge in [-0.05, 0) is 49.6 Å². The fourth-order valence-electron chi connectivity index (χ4n) is 3.85. The van der Waals surface area contributed by atoms with E-state index in [1.165, 1.54) is 23.6 Å². The Balaban J connectivity index is 1.64. The summed E-state index contributed by atoms with van der Waals surface area (Å²) in [5, 5.41) is 0.828. The average Bonchev–Trinajstić information content (AvgIpc) is 3.13. The minimum absolute atomic E-state index is 0.0112. The predicted molar refractivity (Wildman–Crippen MR) is 120 cm³/mol. The number of carbonyl (C=O) groups excluding carboxylic acids is 1. The number of fused-ring (bicyclic) bond motifs is 1. The van der Waals surface area contributed by atoms with E-state index in [0.717, 1.165) is 16.6 Å². The van der Waals surface area contributed by atoms with Gasteiger partial charge in [-0.2, -0.15) is 0 Å². The van der Waals surface area contributed by atoms with Gasteiger partial charge in [0.25, 0.3) is 0 Å². The summed E-state index contributed by atoms with van der Waals surface area (Å²) in [6.45, 7) is 5.74. The normalized spacial score (nSPS) is 22.4. The Morgan fingerprint density at radius 2 is 1.93 bits per heavy atom. The standard InChI is InChI=1S/C22H24N2O3S2/c1-14-7-8-17(9-15(14)2)11-28-22-23-20-12-29(26,27)13-21(20)24(22)19-6-4-5-18(10-19)16(3)25/h4-10,20-21H,11-13H2,1-3H3. The quantitative estimate of drug-likeness (QED) is 0.694. The number of Topliss-reactive ketones (excluding diaryl/α,β-unsaturated/α-hetero) is 1. The molecule has 152 valence electrons. The number of hydrogen-bond donors (Lipinski definition) is 0. The van der Waals surface area contributed by atoms with E-state index in [2.05, 4.69) is 32.0 Å². The van der Waals surface area contributed by atoms with E-state index < -0.39 is 9.84 Å². The molecule has 1 saturated heterocycles. The highest BCUT2D eigenvalue weighted by Gasteiger charge is 2.47. The molecule has 0 radical (unpaired) electrons. The Kier molecular flexibility index (Phi) is 5.29. The van der Waals surface area contributed by atoms with Crippen molar-refractivity contribution in [2.24, 2.45) is 4.99 Å². The first-order valence-corrected chi connectivity index (χ1v) is 12.4. The summed E-state index contributed by atoms with van der Waals surface area (Å²) in [5.41, 5.74) is 5.17. The molecule has 2 aromatic carbocycles. The maximum atomic E-state index is 12.2. The van der Waals surface area contributed by atoms with Crippen molar-refractivity contribution in [2.45, 2.75) is 38.6 Å². The van der Waals surface area contributed by atoms with Crippen LogP contribution >= 0.6 is 11.8 Å². The van der Waals surface area contributed by atoms with Gasteiger partial charge in [0.1, 0.15) is 0 Å². The Bertz CT molecular complexity index is 1110. The molecule has 0 aliphatic carbocycles. The van der Waals surface area contributed by atoms with E-state index in [1.807, 2.05) is 23.1 Å². The number of nitrogens with zero attached hydrogens (tertiary/aromatic N) is 2. The molecule has 2 heterocycles. The monoisotopic (exact) mass is 428 g/mol. The van der Waals surface area contributed by atoms with Gasteiger partial charge in [0.15, 0.2) is 20.8 Å². The number of aryl methyl sites for hydroxylation is 2. The molecule has 0 N–H and O–H groups in total. The van der Waals surface area contributed by atoms with E-state index in [0.29, 0.717) is 5.56 Å². The van der Waals surface area contributed by atoms with E-state index >= 15 is 0 Å². The summed E-state index contributed by atoms with van der Waals surface area (Å²) in [6, 6.07) is 13.4. The van der Waals surface area contributed by atoms with Gasteiger partial charge < -0.3 is 4.90 Å². The number of amidine groups is 1. The van der Waals surface area contributed by atoms with Crippen molar-refractivity contribution >= 4 is 38.2 Å². The van der Waals surface area contributed by atoms with Crippen molar-refractivity contribution in [3.8, 4) is 0 Å². The Labute approximate surface area is 176 Å². The number of aliphatic imine (C=N–C) groups is 1. The Hall–Kier alpha value is -2.12. The topological polar surface area (TPSA) is 66.8 Å². The highest BCUT2D eigenvalue weighted by Crippen LogP contribution is 2.36. The van der Waals surface area contributed by atoms with Gasteiger partial charge in [0.05, 0.1) is 23.6 Å². The molecular formula is C22H24N2O3S2. The van der Waals surface area contributed by atoms with E-state index in [9.17, 15) is 13.2 Å². The minimum atomic E-state index is -3.10. The first kappa shape index (κ1) is 20.2. The van der Waals surface area contributed by atoms with Gasteiger partial charge >= 0.3 is 0 Å². The number of rotatable bonds is 4. The second-order valence-corrected chi connectivity index (χ2v) is 10.9. The number of hydrogen-bond acceptors (Lipinski definition) is 6. The molecule has 2 aliphatic heterocycles. The van der Waals surface area contributed by atoms with Crippen LogP contribution in [0, 0.1) is 13.8 Å². The zero-order chi connectivity index (χ0) is 20.8. The van der Waals surface area contributed by atoms with Gasteiger partial charge in [0, 0.05) is 17.0 Å². The summed E-state index contributed by atoms with van der Waals surface area (Å²) in [5.74, 6) is 0.936. The van der Waals surface area contributed by atoms with Crippen LogP contribution in [0.4, 0.5) is 5.69 Å². The van der Waals surface area contributed by atoms with Crippen molar-refractivity contribution in [3.63, 3.8) is 0 Å². The van der Waals surface area contributed by atoms with Crippen molar-refractivity contribution in [1.82, 2.24) is 0 Å². The van der Waals surface area contributed by atoms with Crippen LogP contribution < -0.4 is 4.90 Å². The summed E-state index contributed by atoms with van der Waals surface area (Å²) >= 11 is 1.62. The zero-order valence-electron chi connectivity index (χ0n) is 16.8. The zero-order valence-corrected chi connectivity index (χ0v) is 18.4. The summed E-state index contributed by atoms with van der Waals surface area (Å²) in [4.78, 5) is 18.6. The first-order valence-electron chi connectivity index (χ1n) is 9.61. The highest BCUT2D eigenvalue weighted by molar-refractivity contribution is 8.13. The van der Waals surface area contributed by atoms with E-state index in [1.54, 1.807) is 17.8 Å². The summed E-state index contributed by atoms with van der Waals surface area (Å²) in [6.07, 6.45) is 0. The molecule has 0 spiro atoms. The SMILES string of the molecule is CC(=O)c1cccc(N2C(SCc3ccc(C)c(C)c3)=NC3CS(=O)(=O)CC32)c1. The van der Waals surface area contributed by atoms with Gasteiger partial charge in [-0.3, -0.25) is 9.79 Å². The van der Waals surface area contributed by atoms with Crippen molar-refractivity contribution in [2.75, 3.05) is 16.4 Å². The molecule has 1 fully saturated rings. The van der Waals surface area contributed by atoms with Crippen LogP contribution in [0.3, 0.4) is 0 Å². The molecule has 2 aliphatic rings. The summed E-state index contributed by atoms with van der Waals surface area (Å²) in [7, 11) is -3.10. The molecule has 5 nitrogen and oxygen atoms in total. The van der Waals surface area contributed by atoms with Crippen molar-refractivity contribution in [1.29, 1.82) is 0 Å². The molecule has 0 bridgehead atoms. The molecule has 2 atom stereocenters. The van der Waals surface area contributed by atoms with Crippen molar-refractivity contribution in [3.05, 3.63) is 64.7 Å². The average molecular weight is 429 g/mol.